The highest BCUT2D eigenvalue weighted by Gasteiger charge is 2.27. The second-order valence-corrected chi connectivity index (χ2v) is 10.5. The van der Waals surface area contributed by atoms with Crippen LogP contribution in [0.2, 0.25) is 0 Å². The first-order valence-corrected chi connectivity index (χ1v) is 12.3. The van der Waals surface area contributed by atoms with Crippen molar-refractivity contribution in [2.45, 2.75) is 26.4 Å². The Bertz CT molecular complexity index is 1150. The van der Waals surface area contributed by atoms with Gasteiger partial charge in [-0.1, -0.05) is 0 Å². The first kappa shape index (κ1) is 23.4. The monoisotopic (exact) mass is 581 g/mol. The van der Waals surface area contributed by atoms with Crippen LogP contribution in [0, 0.1) is 3.57 Å². The van der Waals surface area contributed by atoms with Crippen molar-refractivity contribution >= 4 is 57.3 Å². The Labute approximate surface area is 209 Å². The molecule has 3 aromatic rings. The van der Waals surface area contributed by atoms with E-state index in [4.69, 9.17) is 4.74 Å². The van der Waals surface area contributed by atoms with Gasteiger partial charge in [0, 0.05) is 44.0 Å². The van der Waals surface area contributed by atoms with Crippen LogP contribution in [-0.2, 0) is 4.74 Å². The lowest BCUT2D eigenvalue weighted by atomic mass is 10.2. The number of ether oxygens (including phenoxy) is 1. The highest BCUT2D eigenvalue weighted by atomic mass is 127. The van der Waals surface area contributed by atoms with E-state index in [1.807, 2.05) is 33.0 Å². The van der Waals surface area contributed by atoms with Gasteiger partial charge in [-0.15, -0.1) is 11.3 Å². The number of aromatic nitrogens is 4. The van der Waals surface area contributed by atoms with E-state index in [1.165, 1.54) is 11.3 Å². The zero-order valence-electron chi connectivity index (χ0n) is 18.5. The fourth-order valence-electron chi connectivity index (χ4n) is 3.28. The molecule has 0 unspecified atom stereocenters. The first-order chi connectivity index (χ1) is 15.7. The van der Waals surface area contributed by atoms with Gasteiger partial charge >= 0.3 is 6.09 Å². The van der Waals surface area contributed by atoms with E-state index in [0.29, 0.717) is 42.7 Å². The molecule has 0 spiro atoms. The van der Waals surface area contributed by atoms with Gasteiger partial charge in [-0.3, -0.25) is 9.78 Å². The summed E-state index contributed by atoms with van der Waals surface area (Å²) in [5.41, 5.74) is 1.23. The number of rotatable bonds is 4. The maximum Gasteiger partial charge on any atom is 0.410 e. The molecule has 174 valence electrons. The summed E-state index contributed by atoms with van der Waals surface area (Å²) < 4.78 is 8.10. The number of amides is 2. The van der Waals surface area contributed by atoms with Crippen molar-refractivity contribution in [3.63, 3.8) is 0 Å². The summed E-state index contributed by atoms with van der Waals surface area (Å²) in [7, 11) is 0. The molecule has 12 heteroatoms. The molecule has 0 aliphatic carbocycles. The lowest BCUT2D eigenvalue weighted by molar-refractivity contribution is 0.0240. The van der Waals surface area contributed by atoms with Crippen LogP contribution in [0.3, 0.4) is 0 Å². The summed E-state index contributed by atoms with van der Waals surface area (Å²) in [5.74, 6) is -0.319. The topological polar surface area (TPSA) is 105 Å². The minimum Gasteiger partial charge on any atom is -0.444 e. The summed E-state index contributed by atoms with van der Waals surface area (Å²) >= 11 is 3.52. The molecule has 2 amide bonds. The number of pyridine rings is 1. The maximum absolute atomic E-state index is 12.9. The number of hydrogen-bond donors (Lipinski definition) is 1. The normalized spacial score (nSPS) is 14.3. The summed E-state index contributed by atoms with van der Waals surface area (Å²) in [6.45, 7) is 7.86. The fraction of sp³-hybridized carbons (Fsp3) is 0.381. The number of piperazine rings is 1. The molecular formula is C21H24IN7O3S. The standard InChI is InChI=1S/C21H24IN7O3S/c1-21(2,3)32-20(31)28-8-6-27(7-9-28)17-4-5-23-11-15(17)25-18(30)16-13-33-19(26-16)29-12-14(22)10-24-29/h4-5,10-13H,6-9H2,1-3H3,(H,25,30). The van der Waals surface area contributed by atoms with Crippen LogP contribution in [0.5, 0.6) is 0 Å². The van der Waals surface area contributed by atoms with Gasteiger partial charge in [0.15, 0.2) is 0 Å². The minimum atomic E-state index is -0.526. The van der Waals surface area contributed by atoms with Crippen molar-refractivity contribution in [3.05, 3.63) is 45.5 Å². The third-order valence-corrected chi connectivity index (χ3v) is 6.18. The maximum atomic E-state index is 12.9. The first-order valence-electron chi connectivity index (χ1n) is 10.3. The summed E-state index contributed by atoms with van der Waals surface area (Å²) in [6, 6.07) is 1.86. The number of anilines is 2. The number of carbonyl (C=O) groups excluding carboxylic acids is 2. The average molecular weight is 581 g/mol. The molecule has 4 rings (SSSR count). The van der Waals surface area contributed by atoms with Crippen LogP contribution in [0.1, 0.15) is 31.3 Å². The number of hydrogen-bond acceptors (Lipinski definition) is 8. The molecule has 4 heterocycles. The number of thiazole rings is 1. The quantitative estimate of drug-likeness (QED) is 0.470. The Balaban J connectivity index is 1.42. The van der Waals surface area contributed by atoms with Crippen LogP contribution in [0.25, 0.3) is 5.13 Å². The third-order valence-electron chi connectivity index (χ3n) is 4.79. The summed E-state index contributed by atoms with van der Waals surface area (Å²) in [5, 5.41) is 9.47. The number of nitrogens with zero attached hydrogens (tertiary/aromatic N) is 6. The average Bonchev–Trinajstić information content (AvgIpc) is 3.42. The van der Waals surface area contributed by atoms with Crippen molar-refractivity contribution in [2.75, 3.05) is 36.4 Å². The van der Waals surface area contributed by atoms with E-state index < -0.39 is 5.60 Å². The minimum absolute atomic E-state index is 0.309. The van der Waals surface area contributed by atoms with Crippen molar-refractivity contribution in [1.82, 2.24) is 24.6 Å². The number of carbonyl (C=O) groups is 2. The molecule has 0 bridgehead atoms. The second kappa shape index (κ2) is 9.63. The Morgan fingerprint density at radius 3 is 2.61 bits per heavy atom. The Hall–Kier alpha value is -2.74. The fourth-order valence-corrected chi connectivity index (χ4v) is 4.41. The van der Waals surface area contributed by atoms with Crippen molar-refractivity contribution in [1.29, 1.82) is 0 Å². The molecule has 0 aromatic carbocycles. The van der Waals surface area contributed by atoms with E-state index >= 15 is 0 Å². The molecule has 1 aliphatic heterocycles. The van der Waals surface area contributed by atoms with Gasteiger partial charge in [0.05, 0.1) is 27.3 Å². The van der Waals surface area contributed by atoms with Gasteiger partial charge in [-0.2, -0.15) is 5.10 Å². The second-order valence-electron chi connectivity index (χ2n) is 8.42. The number of halogens is 1. The van der Waals surface area contributed by atoms with E-state index in [-0.39, 0.29) is 12.0 Å². The van der Waals surface area contributed by atoms with Crippen molar-refractivity contribution < 1.29 is 14.3 Å². The highest BCUT2D eigenvalue weighted by molar-refractivity contribution is 14.1. The SMILES string of the molecule is CC(C)(C)OC(=O)N1CCN(c2ccncc2NC(=O)c2csc(-n3cc(I)cn3)n2)CC1. The predicted molar refractivity (Wildman–Crippen MR) is 134 cm³/mol. The van der Waals surface area contributed by atoms with E-state index in [9.17, 15) is 9.59 Å². The van der Waals surface area contributed by atoms with Gasteiger partial charge in [0.2, 0.25) is 5.13 Å². The molecule has 10 nitrogen and oxygen atoms in total. The Kier molecular flexibility index (Phi) is 6.83. The predicted octanol–water partition coefficient (Wildman–Crippen LogP) is 3.64. The molecule has 1 aliphatic rings. The molecule has 1 N–H and O–H groups in total. The van der Waals surface area contributed by atoms with E-state index in [1.54, 1.807) is 33.6 Å². The third kappa shape index (κ3) is 5.79. The summed E-state index contributed by atoms with van der Waals surface area (Å²) in [4.78, 5) is 37.6. The van der Waals surface area contributed by atoms with E-state index in [2.05, 4.69) is 47.9 Å². The molecule has 0 atom stereocenters. The molecule has 1 saturated heterocycles. The molecule has 1 fully saturated rings. The lowest BCUT2D eigenvalue weighted by Crippen LogP contribution is -2.50. The van der Waals surface area contributed by atoms with Gasteiger partial charge in [0.25, 0.3) is 5.91 Å². The van der Waals surface area contributed by atoms with Crippen LogP contribution in [0.15, 0.2) is 36.2 Å². The van der Waals surface area contributed by atoms with Crippen LogP contribution in [0.4, 0.5) is 16.2 Å². The van der Waals surface area contributed by atoms with Gasteiger partial charge in [0.1, 0.15) is 11.3 Å². The van der Waals surface area contributed by atoms with Crippen molar-refractivity contribution in [2.24, 2.45) is 0 Å². The van der Waals surface area contributed by atoms with Gasteiger partial charge < -0.3 is 19.9 Å². The zero-order valence-corrected chi connectivity index (χ0v) is 21.5. The molecule has 0 saturated carbocycles. The molecule has 3 aromatic heterocycles. The lowest BCUT2D eigenvalue weighted by Gasteiger charge is -2.37. The zero-order chi connectivity index (χ0) is 23.6. The van der Waals surface area contributed by atoms with Crippen molar-refractivity contribution in [3.8, 4) is 5.13 Å². The molecule has 33 heavy (non-hydrogen) atoms. The van der Waals surface area contributed by atoms with Crippen LogP contribution in [-0.4, -0.2) is 68.4 Å². The molecular weight excluding hydrogens is 557 g/mol. The smallest absolute Gasteiger partial charge is 0.410 e. The van der Waals surface area contributed by atoms with Crippen LogP contribution < -0.4 is 10.2 Å². The molecule has 0 radical (unpaired) electrons. The Morgan fingerprint density at radius 1 is 1.18 bits per heavy atom. The van der Waals surface area contributed by atoms with Crippen LogP contribution >= 0.6 is 33.9 Å². The van der Waals surface area contributed by atoms with Gasteiger partial charge in [-0.25, -0.2) is 14.5 Å². The van der Waals surface area contributed by atoms with E-state index in [0.717, 1.165) is 9.26 Å². The summed E-state index contributed by atoms with van der Waals surface area (Å²) in [6.07, 6.45) is 6.57. The largest absolute Gasteiger partial charge is 0.444 e. The highest BCUT2D eigenvalue weighted by Crippen LogP contribution is 2.27. The Morgan fingerprint density at radius 2 is 1.94 bits per heavy atom. The van der Waals surface area contributed by atoms with Gasteiger partial charge in [-0.05, 0) is 49.4 Å². The number of nitrogens with one attached hydrogen (secondary N) is 1.